The van der Waals surface area contributed by atoms with Crippen LogP contribution in [0.15, 0.2) is 30.3 Å². The number of anilines is 1. The van der Waals surface area contributed by atoms with Crippen LogP contribution in [0.3, 0.4) is 0 Å². The van der Waals surface area contributed by atoms with Crippen LogP contribution in [0.4, 0.5) is 5.69 Å². The first-order valence-corrected chi connectivity index (χ1v) is 12.4. The third kappa shape index (κ3) is 3.98. The number of carbonyl (C=O) groups excluding carboxylic acids is 3. The van der Waals surface area contributed by atoms with Gasteiger partial charge in [-0.1, -0.05) is 41.1 Å². The molecule has 9 heteroatoms. The summed E-state index contributed by atoms with van der Waals surface area (Å²) < 4.78 is 6.44. The highest BCUT2D eigenvalue weighted by atomic mass is 79.9. The second-order valence-corrected chi connectivity index (χ2v) is 11.4. The second kappa shape index (κ2) is 8.67. The number of benzene rings is 1. The lowest BCUT2D eigenvalue weighted by atomic mass is 9.70. The number of aliphatic hydroxyl groups is 1. The summed E-state index contributed by atoms with van der Waals surface area (Å²) in [6, 6.07) is 7.61. The fourth-order valence-electron chi connectivity index (χ4n) is 5.66. The van der Waals surface area contributed by atoms with Gasteiger partial charge < -0.3 is 25.4 Å². The number of hydrogen-bond acceptors (Lipinski definition) is 5. The van der Waals surface area contributed by atoms with E-state index < -0.39 is 41.2 Å². The van der Waals surface area contributed by atoms with E-state index in [1.165, 1.54) is 4.90 Å². The van der Waals surface area contributed by atoms with E-state index in [-0.39, 0.29) is 29.2 Å². The topological polar surface area (TPSA) is 108 Å². The van der Waals surface area contributed by atoms with Crippen molar-refractivity contribution in [2.75, 3.05) is 11.9 Å². The summed E-state index contributed by atoms with van der Waals surface area (Å²) in [5.74, 6) is -2.47. The van der Waals surface area contributed by atoms with Gasteiger partial charge >= 0.3 is 0 Å². The summed E-state index contributed by atoms with van der Waals surface area (Å²) in [6.45, 7) is 7.22. The second-order valence-electron chi connectivity index (χ2n) is 10.2. The van der Waals surface area contributed by atoms with Crippen LogP contribution in [0.1, 0.15) is 40.5 Å². The number of fused-ring (bicyclic) bond motifs is 1. The zero-order valence-corrected chi connectivity index (χ0v) is 21.0. The number of halogens is 1. The van der Waals surface area contributed by atoms with E-state index in [9.17, 15) is 19.5 Å². The van der Waals surface area contributed by atoms with Gasteiger partial charge in [0.1, 0.15) is 11.6 Å². The molecular formula is C24H32BrN3O5. The first-order valence-electron chi connectivity index (χ1n) is 11.5. The molecule has 2 bridgehead atoms. The van der Waals surface area contributed by atoms with Gasteiger partial charge in [0.15, 0.2) is 0 Å². The van der Waals surface area contributed by atoms with E-state index in [0.29, 0.717) is 18.5 Å². The average Bonchev–Trinajstić information content (AvgIpc) is 3.32. The van der Waals surface area contributed by atoms with Crippen LogP contribution < -0.4 is 10.6 Å². The molecule has 33 heavy (non-hydrogen) atoms. The van der Waals surface area contributed by atoms with Crippen molar-refractivity contribution in [2.45, 2.75) is 74.7 Å². The van der Waals surface area contributed by atoms with E-state index in [4.69, 9.17) is 4.74 Å². The Balaban J connectivity index is 1.74. The molecule has 3 unspecified atom stereocenters. The molecule has 8 nitrogen and oxygen atoms in total. The number of nitrogens with one attached hydrogen (secondary N) is 2. The zero-order valence-electron chi connectivity index (χ0n) is 19.4. The molecule has 1 aromatic carbocycles. The van der Waals surface area contributed by atoms with Gasteiger partial charge in [-0.05, 0) is 45.7 Å². The molecule has 3 heterocycles. The first-order chi connectivity index (χ1) is 15.5. The first kappa shape index (κ1) is 24.2. The Morgan fingerprint density at radius 3 is 2.52 bits per heavy atom. The van der Waals surface area contributed by atoms with Crippen LogP contribution >= 0.6 is 15.9 Å². The van der Waals surface area contributed by atoms with Gasteiger partial charge in [0.2, 0.25) is 17.7 Å². The van der Waals surface area contributed by atoms with Crippen LogP contribution in [-0.4, -0.2) is 68.5 Å². The van der Waals surface area contributed by atoms with Crippen molar-refractivity contribution in [1.82, 2.24) is 10.2 Å². The van der Waals surface area contributed by atoms with Crippen molar-refractivity contribution in [1.29, 1.82) is 0 Å². The fourth-order valence-corrected chi connectivity index (χ4v) is 6.60. The van der Waals surface area contributed by atoms with E-state index in [0.717, 1.165) is 0 Å². The smallest absolute Gasteiger partial charge is 0.246 e. The number of aliphatic hydroxyl groups excluding tert-OH is 1. The molecule has 3 saturated heterocycles. The molecule has 3 amide bonds. The minimum absolute atomic E-state index is 0.174. The largest absolute Gasteiger partial charge is 0.394 e. The monoisotopic (exact) mass is 521 g/mol. The van der Waals surface area contributed by atoms with Gasteiger partial charge in [0.05, 0.1) is 30.6 Å². The Morgan fingerprint density at radius 1 is 1.27 bits per heavy atom. The summed E-state index contributed by atoms with van der Waals surface area (Å²) >= 11 is 3.65. The maximum atomic E-state index is 13.8. The van der Waals surface area contributed by atoms with Crippen LogP contribution in [-0.2, 0) is 19.1 Å². The van der Waals surface area contributed by atoms with Crippen LogP contribution in [0.5, 0.6) is 0 Å². The number of hydrogen-bond donors (Lipinski definition) is 3. The molecule has 3 aliphatic rings. The van der Waals surface area contributed by atoms with E-state index in [1.54, 1.807) is 12.1 Å². The number of ether oxygens (including phenoxy) is 1. The highest BCUT2D eigenvalue weighted by molar-refractivity contribution is 9.09. The van der Waals surface area contributed by atoms with Crippen LogP contribution in [0, 0.1) is 11.8 Å². The third-order valence-corrected chi connectivity index (χ3v) is 7.74. The molecule has 1 aromatic rings. The zero-order chi connectivity index (χ0) is 24.1. The van der Waals surface area contributed by atoms with Gasteiger partial charge in [-0.25, -0.2) is 0 Å². The lowest BCUT2D eigenvalue weighted by Gasteiger charge is -2.38. The number of para-hydroxylation sites is 1. The van der Waals surface area contributed by atoms with Crippen molar-refractivity contribution in [3.8, 4) is 0 Å². The molecule has 3 N–H and O–H groups in total. The fraction of sp³-hybridized carbons (Fsp3) is 0.625. The lowest BCUT2D eigenvalue weighted by molar-refractivity contribution is -0.145. The van der Waals surface area contributed by atoms with Crippen molar-refractivity contribution < 1.29 is 24.2 Å². The van der Waals surface area contributed by atoms with Gasteiger partial charge in [-0.15, -0.1) is 0 Å². The summed E-state index contributed by atoms with van der Waals surface area (Å²) in [7, 11) is 0. The molecule has 0 aliphatic carbocycles. The van der Waals surface area contributed by atoms with E-state index in [2.05, 4.69) is 26.6 Å². The molecule has 3 aliphatic heterocycles. The SMILES string of the molecule is CC[C@@H](CO)N1C(=O)[C@@H]2[C@H](C(=O)Nc3ccccc3)[C@H]3OC2(CC3Br)C1C(=O)NC(C)(C)C. The van der Waals surface area contributed by atoms with Crippen LogP contribution in [0.2, 0.25) is 0 Å². The maximum absolute atomic E-state index is 13.8. The summed E-state index contributed by atoms with van der Waals surface area (Å²) in [5.41, 5.74) is -1.01. The summed E-state index contributed by atoms with van der Waals surface area (Å²) in [5, 5.41) is 15.9. The van der Waals surface area contributed by atoms with Crippen LogP contribution in [0.25, 0.3) is 0 Å². The number of likely N-dealkylation sites (tertiary alicyclic amines) is 1. The minimum atomic E-state index is -1.13. The van der Waals surface area contributed by atoms with E-state index in [1.807, 2.05) is 45.9 Å². The predicted octanol–water partition coefficient (Wildman–Crippen LogP) is 2.06. The summed E-state index contributed by atoms with van der Waals surface area (Å²) in [6.07, 6.45) is 0.389. The molecule has 0 saturated carbocycles. The Bertz CT molecular complexity index is 932. The molecule has 3 fully saturated rings. The molecule has 180 valence electrons. The Kier molecular flexibility index (Phi) is 6.35. The van der Waals surface area contributed by atoms with Crippen molar-refractivity contribution >= 4 is 39.3 Å². The highest BCUT2D eigenvalue weighted by Crippen LogP contribution is 2.60. The Morgan fingerprint density at radius 2 is 1.94 bits per heavy atom. The van der Waals surface area contributed by atoms with E-state index >= 15 is 0 Å². The predicted molar refractivity (Wildman–Crippen MR) is 127 cm³/mol. The quantitative estimate of drug-likeness (QED) is 0.496. The molecule has 0 aromatic heterocycles. The third-order valence-electron chi connectivity index (χ3n) is 6.89. The Labute approximate surface area is 202 Å². The normalized spacial score (nSPS) is 33.7. The van der Waals surface area contributed by atoms with Gasteiger partial charge in [0.25, 0.3) is 0 Å². The van der Waals surface area contributed by atoms with Gasteiger partial charge in [0, 0.05) is 16.1 Å². The van der Waals surface area contributed by atoms with Crippen molar-refractivity contribution in [3.05, 3.63) is 30.3 Å². The standard InChI is InChI=1S/C24H32BrN3O5/c1-5-14(12-29)28-19(21(31)27-23(2,3)4)24-11-15(25)18(33-24)16(17(24)22(28)32)20(30)26-13-9-7-6-8-10-13/h6-10,14-19,29H,5,11-12H2,1-4H3,(H,26,30)(H,27,31)/t14-,15?,16-,17-,18-,19?,24?/m0/s1. The average molecular weight is 522 g/mol. The van der Waals surface area contributed by atoms with Gasteiger partial charge in [-0.2, -0.15) is 0 Å². The number of rotatable bonds is 6. The van der Waals surface area contributed by atoms with Crippen molar-refractivity contribution in [2.24, 2.45) is 11.8 Å². The molecular weight excluding hydrogens is 490 g/mol. The number of nitrogens with zero attached hydrogens (tertiary/aromatic N) is 1. The molecule has 0 radical (unpaired) electrons. The molecule has 7 atom stereocenters. The molecule has 4 rings (SSSR count). The Hall–Kier alpha value is -1.97. The van der Waals surface area contributed by atoms with Gasteiger partial charge in [-0.3, -0.25) is 14.4 Å². The highest BCUT2D eigenvalue weighted by Gasteiger charge is 2.77. The van der Waals surface area contributed by atoms with Crippen molar-refractivity contribution in [3.63, 3.8) is 0 Å². The lowest BCUT2D eigenvalue weighted by Crippen LogP contribution is -2.60. The maximum Gasteiger partial charge on any atom is 0.246 e. The number of carbonyl (C=O) groups is 3. The number of alkyl halides is 1. The molecule has 1 spiro atoms. The minimum Gasteiger partial charge on any atom is -0.394 e. The number of amides is 3. The summed E-state index contributed by atoms with van der Waals surface area (Å²) in [4.78, 5) is 42.1.